The molecular formula is C7H10F2N4. The molecule has 2 aliphatic heterocycles. The predicted molar refractivity (Wildman–Crippen MR) is 44.0 cm³/mol. The first-order valence-electron chi connectivity index (χ1n) is 3.94. The van der Waals surface area contributed by atoms with Crippen molar-refractivity contribution < 1.29 is 8.78 Å². The molecule has 0 amide bonds. The number of nitrogens with zero attached hydrogens (tertiary/aromatic N) is 3. The van der Waals surface area contributed by atoms with Crippen LogP contribution in [0.3, 0.4) is 0 Å². The zero-order valence-electron chi connectivity index (χ0n) is 7.17. The van der Waals surface area contributed by atoms with Gasteiger partial charge in [0.15, 0.2) is 0 Å². The molecule has 0 aromatic rings. The number of hydrogen-bond donors (Lipinski definition) is 1. The Morgan fingerprint density at radius 3 is 3.08 bits per heavy atom. The average Bonchev–Trinajstić information content (AvgIpc) is 2.46. The van der Waals surface area contributed by atoms with Crippen LogP contribution in [0.4, 0.5) is 8.78 Å². The summed E-state index contributed by atoms with van der Waals surface area (Å²) in [7, 11) is 1.80. The normalized spacial score (nSPS) is 21.2. The number of fused-ring (bicyclic) bond motifs is 1. The van der Waals surface area contributed by atoms with Crippen molar-refractivity contribution in [3.63, 3.8) is 0 Å². The van der Waals surface area contributed by atoms with Gasteiger partial charge in [0.25, 0.3) is 0 Å². The number of amidine groups is 1. The van der Waals surface area contributed by atoms with E-state index in [2.05, 4.69) is 10.3 Å². The van der Waals surface area contributed by atoms with Gasteiger partial charge in [-0.15, -0.1) is 0 Å². The van der Waals surface area contributed by atoms with E-state index in [1.165, 1.54) is 0 Å². The Morgan fingerprint density at radius 2 is 2.38 bits per heavy atom. The van der Waals surface area contributed by atoms with Gasteiger partial charge in [-0.1, -0.05) is 0 Å². The average molecular weight is 188 g/mol. The Bertz CT molecular complexity index is 274. The first-order chi connectivity index (χ1) is 6.18. The summed E-state index contributed by atoms with van der Waals surface area (Å²) in [5.41, 5.74) is 0.476. The topological polar surface area (TPSA) is 30.9 Å². The molecule has 1 fully saturated rings. The van der Waals surface area contributed by atoms with Gasteiger partial charge in [-0.05, 0) is 0 Å². The van der Waals surface area contributed by atoms with Crippen LogP contribution in [0.1, 0.15) is 0 Å². The Balaban J connectivity index is 2.25. The molecule has 2 heterocycles. The molecule has 0 spiro atoms. The zero-order chi connectivity index (χ0) is 9.42. The highest BCUT2D eigenvalue weighted by Crippen LogP contribution is 2.19. The first-order valence-corrected chi connectivity index (χ1v) is 3.94. The van der Waals surface area contributed by atoms with Crippen LogP contribution in [0.5, 0.6) is 0 Å². The van der Waals surface area contributed by atoms with E-state index < -0.39 is 6.55 Å². The Labute approximate surface area is 74.5 Å². The highest BCUT2D eigenvalue weighted by atomic mass is 19.3. The minimum Gasteiger partial charge on any atom is -0.359 e. The lowest BCUT2D eigenvalue weighted by molar-refractivity contribution is 0.00539. The van der Waals surface area contributed by atoms with Crippen molar-refractivity contribution in [2.75, 3.05) is 20.4 Å². The van der Waals surface area contributed by atoms with Crippen LogP contribution in [0.2, 0.25) is 0 Å². The Morgan fingerprint density at radius 1 is 1.62 bits per heavy atom. The summed E-state index contributed by atoms with van der Waals surface area (Å²) >= 11 is 0. The van der Waals surface area contributed by atoms with Crippen LogP contribution in [0.15, 0.2) is 16.9 Å². The molecule has 0 aromatic heterocycles. The van der Waals surface area contributed by atoms with Gasteiger partial charge in [0.2, 0.25) is 0 Å². The fraction of sp³-hybridized carbons (Fsp3) is 0.571. The molecule has 13 heavy (non-hydrogen) atoms. The molecule has 6 heteroatoms. The summed E-state index contributed by atoms with van der Waals surface area (Å²) in [4.78, 5) is 6.84. The van der Waals surface area contributed by atoms with Crippen molar-refractivity contribution in [2.24, 2.45) is 4.99 Å². The summed E-state index contributed by atoms with van der Waals surface area (Å²) in [6, 6.07) is 0. The molecule has 2 rings (SSSR count). The first kappa shape index (κ1) is 8.28. The number of alkyl halides is 2. The van der Waals surface area contributed by atoms with Gasteiger partial charge in [-0.2, -0.15) is 8.78 Å². The molecule has 0 aliphatic carbocycles. The minimum atomic E-state index is -2.47. The fourth-order valence-corrected chi connectivity index (χ4v) is 1.35. The van der Waals surface area contributed by atoms with E-state index in [1.54, 1.807) is 18.1 Å². The number of rotatable bonds is 1. The van der Waals surface area contributed by atoms with Crippen molar-refractivity contribution in [3.8, 4) is 0 Å². The van der Waals surface area contributed by atoms with E-state index in [4.69, 9.17) is 0 Å². The molecule has 0 saturated carbocycles. The quantitative estimate of drug-likeness (QED) is 0.597. The highest BCUT2D eigenvalue weighted by molar-refractivity contribution is 5.99. The van der Waals surface area contributed by atoms with E-state index in [0.29, 0.717) is 18.2 Å². The van der Waals surface area contributed by atoms with Gasteiger partial charge in [0.1, 0.15) is 18.2 Å². The van der Waals surface area contributed by atoms with Crippen molar-refractivity contribution in [2.45, 2.75) is 6.55 Å². The molecule has 0 bridgehead atoms. The number of halogens is 2. The summed E-state index contributed by atoms with van der Waals surface area (Å²) in [5.74, 6) is 0.568. The standard InChI is InChI=1S/C7H10F2N4/c1-12-2-5-6(10-3-12)11-4-13(5)7(8)9/h2,7H,3-4H2,1H3,(H,10,11). The van der Waals surface area contributed by atoms with E-state index in [1.807, 2.05) is 0 Å². The van der Waals surface area contributed by atoms with Crippen LogP contribution < -0.4 is 5.32 Å². The van der Waals surface area contributed by atoms with Crippen LogP contribution >= 0.6 is 0 Å². The van der Waals surface area contributed by atoms with Gasteiger partial charge in [0.05, 0.1) is 6.67 Å². The maximum Gasteiger partial charge on any atom is 0.316 e. The highest BCUT2D eigenvalue weighted by Gasteiger charge is 2.30. The molecular weight excluding hydrogens is 178 g/mol. The predicted octanol–water partition coefficient (Wildman–Crippen LogP) is 0.214. The molecule has 2 aliphatic rings. The molecule has 0 aromatic carbocycles. The molecule has 0 unspecified atom stereocenters. The van der Waals surface area contributed by atoms with Gasteiger partial charge < -0.3 is 10.2 Å². The Hall–Kier alpha value is -1.33. The van der Waals surface area contributed by atoms with Crippen molar-refractivity contribution in [3.05, 3.63) is 11.9 Å². The summed E-state index contributed by atoms with van der Waals surface area (Å²) in [6.45, 7) is -1.82. The Kier molecular flexibility index (Phi) is 1.82. The second-order valence-corrected chi connectivity index (χ2v) is 3.00. The summed E-state index contributed by atoms with van der Waals surface area (Å²) < 4.78 is 24.8. The van der Waals surface area contributed by atoms with Crippen LogP contribution in [0.25, 0.3) is 0 Å². The SMILES string of the molecule is CN1C=C2C(=NC1)NCN2C(F)F. The summed E-state index contributed by atoms with van der Waals surface area (Å²) in [6.07, 6.45) is 1.68. The second-order valence-electron chi connectivity index (χ2n) is 3.00. The third-order valence-electron chi connectivity index (χ3n) is 2.00. The maximum atomic E-state index is 12.4. The van der Waals surface area contributed by atoms with E-state index in [0.717, 1.165) is 4.90 Å². The molecule has 1 saturated heterocycles. The lowest BCUT2D eigenvalue weighted by Crippen LogP contribution is -2.29. The molecule has 0 radical (unpaired) electrons. The number of aliphatic imine (C=N–C) groups is 1. The van der Waals surface area contributed by atoms with Gasteiger partial charge in [0, 0.05) is 13.2 Å². The lowest BCUT2D eigenvalue weighted by atomic mass is 10.4. The van der Waals surface area contributed by atoms with Gasteiger partial charge in [-0.25, -0.2) is 4.99 Å². The van der Waals surface area contributed by atoms with Gasteiger partial charge >= 0.3 is 6.55 Å². The maximum absolute atomic E-state index is 12.4. The number of hydrogen-bond acceptors (Lipinski definition) is 4. The third-order valence-corrected chi connectivity index (χ3v) is 2.00. The third kappa shape index (κ3) is 1.32. The monoisotopic (exact) mass is 188 g/mol. The second kappa shape index (κ2) is 2.86. The largest absolute Gasteiger partial charge is 0.359 e. The zero-order valence-corrected chi connectivity index (χ0v) is 7.17. The lowest BCUT2D eigenvalue weighted by Gasteiger charge is -2.22. The molecule has 1 N–H and O–H groups in total. The van der Waals surface area contributed by atoms with Crippen molar-refractivity contribution in [1.82, 2.24) is 15.1 Å². The van der Waals surface area contributed by atoms with E-state index in [9.17, 15) is 8.78 Å². The smallest absolute Gasteiger partial charge is 0.316 e. The van der Waals surface area contributed by atoms with Gasteiger partial charge in [-0.3, -0.25) is 4.90 Å². The fourth-order valence-electron chi connectivity index (χ4n) is 1.35. The molecule has 4 nitrogen and oxygen atoms in total. The molecule has 72 valence electrons. The van der Waals surface area contributed by atoms with Crippen LogP contribution in [-0.2, 0) is 0 Å². The molecule has 0 atom stereocenters. The van der Waals surface area contributed by atoms with Crippen LogP contribution in [-0.4, -0.2) is 42.6 Å². The van der Waals surface area contributed by atoms with E-state index in [-0.39, 0.29) is 6.67 Å². The summed E-state index contributed by atoms with van der Waals surface area (Å²) in [5, 5.41) is 2.81. The van der Waals surface area contributed by atoms with Crippen LogP contribution in [0, 0.1) is 0 Å². The van der Waals surface area contributed by atoms with Crippen molar-refractivity contribution >= 4 is 5.84 Å². The number of nitrogens with one attached hydrogen (secondary N) is 1. The minimum absolute atomic E-state index is 0.135. The van der Waals surface area contributed by atoms with Crippen molar-refractivity contribution in [1.29, 1.82) is 0 Å². The van der Waals surface area contributed by atoms with E-state index >= 15 is 0 Å².